The Hall–Kier alpha value is -3.05. The van der Waals surface area contributed by atoms with Gasteiger partial charge in [0.15, 0.2) is 13.2 Å². The van der Waals surface area contributed by atoms with Gasteiger partial charge in [-0.25, -0.2) is 4.39 Å². The molecule has 33 heavy (non-hydrogen) atoms. The lowest BCUT2D eigenvalue weighted by molar-refractivity contribution is -0.137. The molecule has 0 aliphatic heterocycles. The predicted molar refractivity (Wildman–Crippen MR) is 110 cm³/mol. The molecule has 7 nitrogen and oxygen atoms in total. The number of carbonyl (C=O) groups is 2. The number of nitrogens with one attached hydrogen (secondary N) is 2. The van der Waals surface area contributed by atoms with Gasteiger partial charge in [-0.3, -0.25) is 9.59 Å². The Morgan fingerprint density at radius 3 is 2.27 bits per heavy atom. The van der Waals surface area contributed by atoms with Gasteiger partial charge in [0.2, 0.25) is 0 Å². The van der Waals surface area contributed by atoms with E-state index in [4.69, 9.17) is 21.1 Å². The average molecular weight is 493 g/mol. The second kappa shape index (κ2) is 12.3. The maximum Gasteiger partial charge on any atom is 0.416 e. The second-order valence-electron chi connectivity index (χ2n) is 6.78. The SMILES string of the molecule is O=C(COc1ccc(Cl)c(F)c1)NCC[C@H](O)CNC(=O)COc1cccc(C(F)(F)F)c1. The summed E-state index contributed by atoms with van der Waals surface area (Å²) >= 11 is 5.55. The molecule has 2 amide bonds. The van der Waals surface area contributed by atoms with Gasteiger partial charge >= 0.3 is 6.18 Å². The third kappa shape index (κ3) is 9.54. The summed E-state index contributed by atoms with van der Waals surface area (Å²) in [7, 11) is 0. The average Bonchev–Trinajstić information content (AvgIpc) is 2.76. The maximum atomic E-state index is 13.3. The highest BCUT2D eigenvalue weighted by Gasteiger charge is 2.30. The fourth-order valence-corrected chi connectivity index (χ4v) is 2.56. The zero-order valence-corrected chi connectivity index (χ0v) is 17.9. The summed E-state index contributed by atoms with van der Waals surface area (Å²) in [6, 6.07) is 7.84. The van der Waals surface area contributed by atoms with E-state index in [9.17, 15) is 32.3 Å². The zero-order valence-electron chi connectivity index (χ0n) is 17.1. The van der Waals surface area contributed by atoms with Crippen molar-refractivity contribution in [1.82, 2.24) is 10.6 Å². The van der Waals surface area contributed by atoms with Crippen molar-refractivity contribution >= 4 is 23.4 Å². The Kier molecular flexibility index (Phi) is 9.74. The lowest BCUT2D eigenvalue weighted by atomic mass is 10.2. The quantitative estimate of drug-likeness (QED) is 0.419. The molecule has 0 aliphatic carbocycles. The number of halogens is 5. The molecule has 0 spiro atoms. The van der Waals surface area contributed by atoms with Gasteiger partial charge in [0.1, 0.15) is 17.3 Å². The van der Waals surface area contributed by atoms with Crippen LogP contribution < -0.4 is 20.1 Å². The molecule has 0 heterocycles. The number of aliphatic hydroxyl groups is 1. The minimum atomic E-state index is -4.53. The van der Waals surface area contributed by atoms with Gasteiger partial charge in [0.25, 0.3) is 11.8 Å². The minimum Gasteiger partial charge on any atom is -0.484 e. The molecule has 0 bridgehead atoms. The number of amides is 2. The Morgan fingerprint density at radius 1 is 1.00 bits per heavy atom. The van der Waals surface area contributed by atoms with E-state index in [1.807, 2.05) is 0 Å². The third-order valence-electron chi connectivity index (χ3n) is 4.13. The monoisotopic (exact) mass is 492 g/mol. The van der Waals surface area contributed by atoms with Crippen molar-refractivity contribution in [3.05, 3.63) is 58.9 Å². The number of hydrogen-bond donors (Lipinski definition) is 3. The van der Waals surface area contributed by atoms with Gasteiger partial charge in [0, 0.05) is 19.2 Å². The number of alkyl halides is 3. The van der Waals surface area contributed by atoms with Crippen LogP contribution in [-0.2, 0) is 15.8 Å². The van der Waals surface area contributed by atoms with Gasteiger partial charge < -0.3 is 25.2 Å². The highest BCUT2D eigenvalue weighted by molar-refractivity contribution is 6.30. The van der Waals surface area contributed by atoms with Crippen LogP contribution >= 0.6 is 11.6 Å². The van der Waals surface area contributed by atoms with Crippen molar-refractivity contribution in [3.63, 3.8) is 0 Å². The lowest BCUT2D eigenvalue weighted by Gasteiger charge is -2.13. The Labute approximate surface area is 191 Å². The van der Waals surface area contributed by atoms with Crippen LogP contribution in [0.15, 0.2) is 42.5 Å². The molecule has 0 saturated heterocycles. The van der Waals surface area contributed by atoms with Crippen LogP contribution in [0.1, 0.15) is 12.0 Å². The van der Waals surface area contributed by atoms with Gasteiger partial charge in [-0.15, -0.1) is 0 Å². The topological polar surface area (TPSA) is 96.9 Å². The molecule has 0 saturated carbocycles. The molecular weight excluding hydrogens is 472 g/mol. The van der Waals surface area contributed by atoms with Crippen LogP contribution in [0.3, 0.4) is 0 Å². The van der Waals surface area contributed by atoms with E-state index in [1.165, 1.54) is 18.2 Å². The van der Waals surface area contributed by atoms with Crippen molar-refractivity contribution in [1.29, 1.82) is 0 Å². The molecule has 180 valence electrons. The standard InChI is InChI=1S/C21H21ClF4N2O5/c22-17-5-4-16(9-18(17)23)33-11-19(30)27-7-6-14(29)10-28-20(31)12-32-15-3-1-2-13(8-15)21(24,25)26/h1-5,8-9,14,29H,6-7,10-12H2,(H,27,30)(H,28,31)/t14-/m0/s1. The summed E-state index contributed by atoms with van der Waals surface area (Å²) in [5.41, 5.74) is -0.899. The first-order valence-corrected chi connectivity index (χ1v) is 10.0. The summed E-state index contributed by atoms with van der Waals surface area (Å²) < 4.78 is 61.4. The molecule has 0 fully saturated rings. The molecule has 0 radical (unpaired) electrons. The van der Waals surface area contributed by atoms with Crippen LogP contribution in [0.25, 0.3) is 0 Å². The molecule has 0 aromatic heterocycles. The van der Waals surface area contributed by atoms with Crippen molar-refractivity contribution in [3.8, 4) is 11.5 Å². The van der Waals surface area contributed by atoms with Crippen LogP contribution in [0, 0.1) is 5.82 Å². The highest BCUT2D eigenvalue weighted by atomic mass is 35.5. The zero-order chi connectivity index (χ0) is 24.4. The number of ether oxygens (including phenoxy) is 2. The molecule has 1 atom stereocenters. The number of aliphatic hydroxyl groups excluding tert-OH is 1. The van der Waals surface area contributed by atoms with Crippen LogP contribution in [-0.4, -0.2) is 49.3 Å². The summed E-state index contributed by atoms with van der Waals surface area (Å²) in [6.45, 7) is -0.982. The fraction of sp³-hybridized carbons (Fsp3) is 0.333. The van der Waals surface area contributed by atoms with Crippen molar-refractivity contribution < 1.29 is 41.7 Å². The van der Waals surface area contributed by atoms with Crippen molar-refractivity contribution in [2.24, 2.45) is 0 Å². The molecule has 3 N–H and O–H groups in total. The molecule has 2 aromatic rings. The lowest BCUT2D eigenvalue weighted by Crippen LogP contribution is -2.37. The fourth-order valence-electron chi connectivity index (χ4n) is 2.44. The largest absolute Gasteiger partial charge is 0.484 e. The van der Waals surface area contributed by atoms with E-state index < -0.39 is 42.1 Å². The molecular formula is C21H21ClF4N2O5. The highest BCUT2D eigenvalue weighted by Crippen LogP contribution is 2.31. The maximum absolute atomic E-state index is 13.3. The number of rotatable bonds is 11. The van der Waals surface area contributed by atoms with Gasteiger partial charge in [0.05, 0.1) is 16.7 Å². The minimum absolute atomic E-state index is 0.0740. The molecule has 2 rings (SSSR count). The van der Waals surface area contributed by atoms with Crippen molar-refractivity contribution in [2.45, 2.75) is 18.7 Å². The first-order chi connectivity index (χ1) is 15.5. The van der Waals surface area contributed by atoms with Crippen LogP contribution in [0.5, 0.6) is 11.5 Å². The number of hydrogen-bond acceptors (Lipinski definition) is 5. The van der Waals surface area contributed by atoms with Crippen LogP contribution in [0.4, 0.5) is 17.6 Å². The second-order valence-corrected chi connectivity index (χ2v) is 7.18. The van der Waals surface area contributed by atoms with Gasteiger partial charge in [-0.2, -0.15) is 13.2 Å². The van der Waals surface area contributed by atoms with E-state index >= 15 is 0 Å². The molecule has 12 heteroatoms. The third-order valence-corrected chi connectivity index (χ3v) is 4.43. The predicted octanol–water partition coefficient (Wildman–Crippen LogP) is 2.94. The van der Waals surface area contributed by atoms with Gasteiger partial charge in [-0.05, 0) is 36.8 Å². The molecule has 0 aliphatic rings. The normalized spacial score (nSPS) is 12.1. The Bertz CT molecular complexity index is 958. The van der Waals surface area contributed by atoms with E-state index in [-0.39, 0.29) is 42.6 Å². The summed E-state index contributed by atoms with van der Waals surface area (Å²) in [4.78, 5) is 23.5. The smallest absolute Gasteiger partial charge is 0.416 e. The van der Waals surface area contributed by atoms with E-state index in [0.29, 0.717) is 0 Å². The van der Waals surface area contributed by atoms with E-state index in [2.05, 4.69) is 10.6 Å². The molecule has 2 aromatic carbocycles. The Balaban J connectivity index is 1.60. The van der Waals surface area contributed by atoms with Gasteiger partial charge in [-0.1, -0.05) is 17.7 Å². The summed E-state index contributed by atoms with van der Waals surface area (Å²) in [5.74, 6) is -1.82. The van der Waals surface area contributed by atoms with E-state index in [0.717, 1.165) is 24.3 Å². The first-order valence-electron chi connectivity index (χ1n) is 9.64. The summed E-state index contributed by atoms with van der Waals surface area (Å²) in [5, 5.41) is 14.7. The van der Waals surface area contributed by atoms with Crippen LogP contribution in [0.2, 0.25) is 5.02 Å². The molecule has 0 unspecified atom stereocenters. The summed E-state index contributed by atoms with van der Waals surface area (Å²) in [6.07, 6.45) is -5.41. The van der Waals surface area contributed by atoms with Crippen molar-refractivity contribution in [2.75, 3.05) is 26.3 Å². The Morgan fingerprint density at radius 2 is 1.64 bits per heavy atom. The van der Waals surface area contributed by atoms with E-state index in [1.54, 1.807) is 0 Å². The number of carbonyl (C=O) groups excluding carboxylic acids is 2. The first kappa shape index (κ1) is 26.2. The number of benzene rings is 2.